The van der Waals surface area contributed by atoms with Crippen LogP contribution in [0, 0.1) is 6.92 Å². The molecule has 2 amide bonds. The third kappa shape index (κ3) is 3.09. The lowest BCUT2D eigenvalue weighted by molar-refractivity contribution is -0.118. The minimum atomic E-state index is -0.195. The number of carbonyl (C=O) groups is 2. The third-order valence-electron chi connectivity index (χ3n) is 3.34. The maximum atomic E-state index is 12.2. The van der Waals surface area contributed by atoms with E-state index in [2.05, 4.69) is 10.6 Å². The fourth-order valence-electron chi connectivity index (χ4n) is 2.41. The number of aryl methyl sites for hydroxylation is 1. The largest absolute Gasteiger partial charge is 0.479 e. The zero-order valence-electron chi connectivity index (χ0n) is 12.2. The lowest BCUT2D eigenvalue weighted by Crippen LogP contribution is -2.26. The summed E-state index contributed by atoms with van der Waals surface area (Å²) in [4.78, 5) is 23.6. The van der Waals surface area contributed by atoms with Crippen molar-refractivity contribution < 1.29 is 14.3 Å². The van der Waals surface area contributed by atoms with E-state index in [0.717, 1.165) is 11.1 Å². The molecule has 5 nitrogen and oxygen atoms in total. The van der Waals surface area contributed by atoms with Gasteiger partial charge < -0.3 is 15.4 Å². The Hall–Kier alpha value is -2.82. The van der Waals surface area contributed by atoms with Gasteiger partial charge in [-0.05, 0) is 30.2 Å². The van der Waals surface area contributed by atoms with Crippen LogP contribution in [0.2, 0.25) is 0 Å². The molecule has 22 heavy (non-hydrogen) atoms. The molecule has 0 fully saturated rings. The molecule has 2 N–H and O–H groups in total. The van der Waals surface area contributed by atoms with Crippen molar-refractivity contribution in [1.29, 1.82) is 0 Å². The van der Waals surface area contributed by atoms with E-state index in [0.29, 0.717) is 17.1 Å². The summed E-state index contributed by atoms with van der Waals surface area (Å²) in [6.45, 7) is 1.85. The van der Waals surface area contributed by atoms with E-state index in [-0.39, 0.29) is 24.8 Å². The summed E-state index contributed by atoms with van der Waals surface area (Å²) in [7, 11) is 0. The highest BCUT2D eigenvalue weighted by atomic mass is 16.5. The molecule has 112 valence electrons. The molecule has 2 aromatic rings. The van der Waals surface area contributed by atoms with Gasteiger partial charge >= 0.3 is 0 Å². The summed E-state index contributed by atoms with van der Waals surface area (Å²) in [5.74, 6) is 0.186. The quantitative estimate of drug-likeness (QED) is 0.914. The Bertz CT molecular complexity index is 726. The average molecular weight is 296 g/mol. The summed E-state index contributed by atoms with van der Waals surface area (Å²) in [5, 5.41) is 5.61. The van der Waals surface area contributed by atoms with Crippen LogP contribution >= 0.6 is 0 Å². The molecule has 0 spiro atoms. The number of amides is 2. The summed E-state index contributed by atoms with van der Waals surface area (Å²) >= 11 is 0. The second-order valence-electron chi connectivity index (χ2n) is 5.24. The van der Waals surface area contributed by atoms with E-state index in [1.165, 1.54) is 0 Å². The third-order valence-corrected chi connectivity index (χ3v) is 3.34. The highest BCUT2D eigenvalue weighted by Gasteiger charge is 2.20. The smallest absolute Gasteiger partial charge is 0.262 e. The standard InChI is InChI=1S/C17H16N2O3/c1-11-7-13(17-14(8-11)19-16(21)10-22-17)18-15(20)9-12-5-3-2-4-6-12/h2-8H,9-10H2,1H3,(H,18,20)(H,19,21). The van der Waals surface area contributed by atoms with Crippen LogP contribution < -0.4 is 15.4 Å². The van der Waals surface area contributed by atoms with Crippen molar-refractivity contribution in [3.8, 4) is 5.75 Å². The van der Waals surface area contributed by atoms with Gasteiger partial charge in [0.05, 0.1) is 17.8 Å². The van der Waals surface area contributed by atoms with Gasteiger partial charge in [0.15, 0.2) is 12.4 Å². The van der Waals surface area contributed by atoms with E-state index in [1.54, 1.807) is 0 Å². The number of anilines is 2. The van der Waals surface area contributed by atoms with Crippen LogP contribution in [0.15, 0.2) is 42.5 Å². The maximum Gasteiger partial charge on any atom is 0.262 e. The van der Waals surface area contributed by atoms with E-state index >= 15 is 0 Å². The van der Waals surface area contributed by atoms with Crippen LogP contribution in [0.4, 0.5) is 11.4 Å². The van der Waals surface area contributed by atoms with Gasteiger partial charge in [0.1, 0.15) is 0 Å². The molecule has 0 saturated carbocycles. The zero-order valence-corrected chi connectivity index (χ0v) is 12.2. The van der Waals surface area contributed by atoms with Gasteiger partial charge in [-0.15, -0.1) is 0 Å². The Balaban J connectivity index is 1.80. The first-order valence-corrected chi connectivity index (χ1v) is 7.03. The normalized spacial score (nSPS) is 12.9. The Kier molecular flexibility index (Phi) is 3.78. The number of hydrogen-bond donors (Lipinski definition) is 2. The summed E-state index contributed by atoms with van der Waals surface area (Å²) in [6.07, 6.45) is 0.288. The first-order chi connectivity index (χ1) is 10.6. The van der Waals surface area contributed by atoms with Crippen molar-refractivity contribution in [2.24, 2.45) is 0 Å². The number of benzene rings is 2. The average Bonchev–Trinajstić information content (AvgIpc) is 2.47. The molecule has 2 aromatic carbocycles. The van der Waals surface area contributed by atoms with Crippen LogP contribution in [0.25, 0.3) is 0 Å². The monoisotopic (exact) mass is 296 g/mol. The van der Waals surface area contributed by atoms with Gasteiger partial charge in [-0.3, -0.25) is 9.59 Å². The number of fused-ring (bicyclic) bond motifs is 1. The minimum absolute atomic E-state index is 0.0440. The SMILES string of the molecule is Cc1cc2c(c(NC(=O)Cc3ccccc3)c1)OCC(=O)N2. The molecule has 5 heteroatoms. The molecule has 0 saturated heterocycles. The molecular weight excluding hydrogens is 280 g/mol. The number of nitrogens with one attached hydrogen (secondary N) is 2. The van der Waals surface area contributed by atoms with Gasteiger partial charge in [0.25, 0.3) is 5.91 Å². The molecule has 1 aliphatic heterocycles. The first-order valence-electron chi connectivity index (χ1n) is 7.03. The fraction of sp³-hybridized carbons (Fsp3) is 0.176. The van der Waals surface area contributed by atoms with Crippen molar-refractivity contribution in [2.45, 2.75) is 13.3 Å². The van der Waals surface area contributed by atoms with Gasteiger partial charge in [-0.25, -0.2) is 0 Å². The van der Waals surface area contributed by atoms with E-state index in [1.807, 2.05) is 49.4 Å². The minimum Gasteiger partial charge on any atom is -0.479 e. The van der Waals surface area contributed by atoms with Crippen LogP contribution in [0.3, 0.4) is 0 Å². The highest BCUT2D eigenvalue weighted by Crippen LogP contribution is 2.37. The van der Waals surface area contributed by atoms with Crippen molar-refractivity contribution in [3.63, 3.8) is 0 Å². The second-order valence-corrected chi connectivity index (χ2v) is 5.24. The molecule has 1 aliphatic rings. The second kappa shape index (κ2) is 5.89. The van der Waals surface area contributed by atoms with Crippen molar-refractivity contribution in [2.75, 3.05) is 17.2 Å². The van der Waals surface area contributed by atoms with E-state index in [9.17, 15) is 9.59 Å². The Labute approximate surface area is 128 Å². The molecule has 0 aromatic heterocycles. The molecular formula is C17H16N2O3. The first kappa shape index (κ1) is 14.1. The van der Waals surface area contributed by atoms with Gasteiger partial charge in [-0.1, -0.05) is 30.3 Å². The molecule has 3 rings (SSSR count). The Morgan fingerprint density at radius 1 is 1.27 bits per heavy atom. The zero-order chi connectivity index (χ0) is 15.5. The lowest BCUT2D eigenvalue weighted by atomic mass is 10.1. The molecule has 1 heterocycles. The van der Waals surface area contributed by atoms with E-state index in [4.69, 9.17) is 4.74 Å². The van der Waals surface area contributed by atoms with Crippen LogP contribution in [0.5, 0.6) is 5.75 Å². The van der Waals surface area contributed by atoms with Gasteiger partial charge in [0.2, 0.25) is 5.91 Å². The molecule has 0 bridgehead atoms. The number of hydrogen-bond acceptors (Lipinski definition) is 3. The van der Waals surface area contributed by atoms with Gasteiger partial charge in [0, 0.05) is 0 Å². The van der Waals surface area contributed by atoms with E-state index < -0.39 is 0 Å². The van der Waals surface area contributed by atoms with Crippen molar-refractivity contribution >= 4 is 23.2 Å². The molecule has 0 aliphatic carbocycles. The Morgan fingerprint density at radius 3 is 2.82 bits per heavy atom. The van der Waals surface area contributed by atoms with Crippen LogP contribution in [0.1, 0.15) is 11.1 Å². The highest BCUT2D eigenvalue weighted by molar-refractivity contribution is 6.00. The summed E-state index contributed by atoms with van der Waals surface area (Å²) < 4.78 is 5.45. The maximum absolute atomic E-state index is 12.2. The summed E-state index contributed by atoms with van der Waals surface area (Å²) in [6, 6.07) is 13.2. The number of rotatable bonds is 3. The Morgan fingerprint density at radius 2 is 2.05 bits per heavy atom. The van der Waals surface area contributed by atoms with Crippen LogP contribution in [-0.2, 0) is 16.0 Å². The van der Waals surface area contributed by atoms with Gasteiger partial charge in [-0.2, -0.15) is 0 Å². The molecule has 0 unspecified atom stereocenters. The molecule has 0 atom stereocenters. The predicted octanol–water partition coefficient (Wildman–Crippen LogP) is 2.51. The number of ether oxygens (including phenoxy) is 1. The van der Waals surface area contributed by atoms with Crippen LogP contribution in [-0.4, -0.2) is 18.4 Å². The number of carbonyl (C=O) groups excluding carboxylic acids is 2. The van der Waals surface area contributed by atoms with Crippen molar-refractivity contribution in [3.05, 3.63) is 53.6 Å². The fourth-order valence-corrected chi connectivity index (χ4v) is 2.41. The molecule has 0 radical (unpaired) electrons. The van der Waals surface area contributed by atoms with Crippen molar-refractivity contribution in [1.82, 2.24) is 0 Å². The lowest BCUT2D eigenvalue weighted by Gasteiger charge is -2.21. The predicted molar refractivity (Wildman–Crippen MR) is 84.1 cm³/mol. The topological polar surface area (TPSA) is 67.4 Å². The summed E-state index contributed by atoms with van der Waals surface area (Å²) in [5.41, 5.74) is 3.04.